The normalized spacial score (nSPS) is 11.7. The van der Waals surface area contributed by atoms with Gasteiger partial charge in [0.15, 0.2) is 0 Å². The van der Waals surface area contributed by atoms with E-state index in [-0.39, 0.29) is 11.3 Å². The van der Waals surface area contributed by atoms with E-state index in [2.05, 4.69) is 35.9 Å². The van der Waals surface area contributed by atoms with Crippen LogP contribution >= 0.6 is 11.6 Å². The average molecular weight is 438 g/mol. The van der Waals surface area contributed by atoms with E-state index in [9.17, 15) is 4.79 Å². The number of hydrazone groups is 1. The molecule has 5 nitrogen and oxygen atoms in total. The Balaban J connectivity index is 1.79. The van der Waals surface area contributed by atoms with Crippen molar-refractivity contribution in [2.45, 2.75) is 40.0 Å². The fourth-order valence-corrected chi connectivity index (χ4v) is 3.64. The molecule has 0 unspecified atom stereocenters. The molecule has 0 spiro atoms. The van der Waals surface area contributed by atoms with E-state index in [1.807, 2.05) is 56.3 Å². The first-order valence-corrected chi connectivity index (χ1v) is 10.5. The standard InChI is InChI=1S/C25H28ClN3O2/c1-16-13-19(17(2)29(16)22-14-21(26)11-12-23(22)31-6)15-27-28-24(30)18-7-9-20(10-8-18)25(3,4)5/h7-15H,1-6H3,(H,28,30)/b27-15-. The van der Waals surface area contributed by atoms with Gasteiger partial charge in [-0.05, 0) is 61.2 Å². The van der Waals surface area contributed by atoms with Gasteiger partial charge in [-0.3, -0.25) is 4.79 Å². The predicted octanol–water partition coefficient (Wildman–Crippen LogP) is 5.82. The van der Waals surface area contributed by atoms with Gasteiger partial charge in [-0.15, -0.1) is 0 Å². The van der Waals surface area contributed by atoms with Gasteiger partial charge in [0.25, 0.3) is 5.91 Å². The summed E-state index contributed by atoms with van der Waals surface area (Å²) < 4.78 is 7.55. The molecule has 0 bridgehead atoms. The Hall–Kier alpha value is -3.05. The molecule has 0 saturated carbocycles. The third-order valence-electron chi connectivity index (χ3n) is 5.23. The summed E-state index contributed by atoms with van der Waals surface area (Å²) in [7, 11) is 1.63. The SMILES string of the molecule is COc1ccc(Cl)cc1-n1c(C)cc(/C=N\NC(=O)c2ccc(C(C)(C)C)cc2)c1C. The number of carbonyl (C=O) groups is 1. The molecule has 3 aromatic rings. The largest absolute Gasteiger partial charge is 0.495 e. The Morgan fingerprint density at radius 3 is 2.39 bits per heavy atom. The van der Waals surface area contributed by atoms with Crippen LogP contribution in [0.1, 0.15) is 53.6 Å². The molecule has 0 aliphatic carbocycles. The summed E-state index contributed by atoms with van der Waals surface area (Å²) in [5.74, 6) is 0.476. The molecule has 2 aromatic carbocycles. The van der Waals surface area contributed by atoms with E-state index in [4.69, 9.17) is 16.3 Å². The third kappa shape index (κ3) is 5.00. The van der Waals surface area contributed by atoms with Crippen molar-refractivity contribution >= 4 is 23.7 Å². The molecule has 31 heavy (non-hydrogen) atoms. The van der Waals surface area contributed by atoms with Crippen LogP contribution in [0, 0.1) is 13.8 Å². The lowest BCUT2D eigenvalue weighted by Gasteiger charge is -2.18. The number of hydrogen-bond acceptors (Lipinski definition) is 3. The highest BCUT2D eigenvalue weighted by Gasteiger charge is 2.15. The van der Waals surface area contributed by atoms with Crippen molar-refractivity contribution in [1.82, 2.24) is 9.99 Å². The van der Waals surface area contributed by atoms with E-state index >= 15 is 0 Å². The van der Waals surface area contributed by atoms with Crippen LogP contribution in [0.2, 0.25) is 5.02 Å². The first-order valence-electron chi connectivity index (χ1n) is 10.1. The quantitative estimate of drug-likeness (QED) is 0.404. The number of nitrogens with zero attached hydrogens (tertiary/aromatic N) is 2. The number of hydrogen-bond donors (Lipinski definition) is 1. The van der Waals surface area contributed by atoms with Crippen LogP contribution in [0.3, 0.4) is 0 Å². The molecule has 1 N–H and O–H groups in total. The number of methoxy groups -OCH3 is 1. The summed E-state index contributed by atoms with van der Waals surface area (Å²) in [5.41, 5.74) is 8.11. The number of rotatable bonds is 5. The van der Waals surface area contributed by atoms with Gasteiger partial charge < -0.3 is 9.30 Å². The summed E-state index contributed by atoms with van der Waals surface area (Å²) in [4.78, 5) is 12.4. The summed E-state index contributed by atoms with van der Waals surface area (Å²) in [6, 6.07) is 15.1. The Labute approximate surface area is 188 Å². The first-order chi connectivity index (χ1) is 14.6. The van der Waals surface area contributed by atoms with E-state index < -0.39 is 0 Å². The highest BCUT2D eigenvalue weighted by molar-refractivity contribution is 6.30. The van der Waals surface area contributed by atoms with Gasteiger partial charge >= 0.3 is 0 Å². The molecule has 0 fully saturated rings. The summed E-state index contributed by atoms with van der Waals surface area (Å²) in [6.07, 6.45) is 1.65. The van der Waals surface area contributed by atoms with Crippen molar-refractivity contribution in [2.75, 3.05) is 7.11 Å². The lowest BCUT2D eigenvalue weighted by molar-refractivity contribution is 0.0955. The number of aryl methyl sites for hydroxylation is 1. The van der Waals surface area contributed by atoms with Gasteiger partial charge in [-0.1, -0.05) is 44.5 Å². The molecule has 0 radical (unpaired) electrons. The minimum absolute atomic E-state index is 0.0430. The van der Waals surface area contributed by atoms with Crippen LogP contribution in [0.5, 0.6) is 5.75 Å². The Kier molecular flexibility index (Phi) is 6.56. The van der Waals surface area contributed by atoms with Crippen LogP contribution in [-0.2, 0) is 5.41 Å². The van der Waals surface area contributed by atoms with Gasteiger partial charge in [-0.25, -0.2) is 5.43 Å². The summed E-state index contributed by atoms with van der Waals surface area (Å²) >= 11 is 6.20. The van der Waals surface area contributed by atoms with Crippen molar-refractivity contribution in [3.63, 3.8) is 0 Å². The second-order valence-corrected chi connectivity index (χ2v) is 8.94. The maximum Gasteiger partial charge on any atom is 0.271 e. The highest BCUT2D eigenvalue weighted by atomic mass is 35.5. The molecule has 1 amide bonds. The molecular weight excluding hydrogens is 410 g/mol. The van der Waals surface area contributed by atoms with Crippen LogP contribution < -0.4 is 10.2 Å². The van der Waals surface area contributed by atoms with Gasteiger partial charge in [0.2, 0.25) is 0 Å². The molecule has 0 aliphatic heterocycles. The van der Waals surface area contributed by atoms with Gasteiger partial charge in [0, 0.05) is 27.5 Å². The van der Waals surface area contributed by atoms with Crippen molar-refractivity contribution < 1.29 is 9.53 Å². The molecular formula is C25H28ClN3O2. The molecule has 3 rings (SSSR count). The zero-order valence-corrected chi connectivity index (χ0v) is 19.5. The van der Waals surface area contributed by atoms with Crippen LogP contribution in [0.25, 0.3) is 5.69 Å². The second-order valence-electron chi connectivity index (χ2n) is 8.50. The number of amides is 1. The average Bonchev–Trinajstić information content (AvgIpc) is 3.00. The fourth-order valence-electron chi connectivity index (χ4n) is 3.47. The zero-order valence-electron chi connectivity index (χ0n) is 18.8. The minimum atomic E-state index is -0.248. The molecule has 0 atom stereocenters. The summed E-state index contributed by atoms with van der Waals surface area (Å²) in [6.45, 7) is 10.4. The molecule has 1 heterocycles. The van der Waals surface area contributed by atoms with Crippen molar-refractivity contribution in [3.05, 3.63) is 81.6 Å². The summed E-state index contributed by atoms with van der Waals surface area (Å²) in [5, 5.41) is 4.79. The maximum atomic E-state index is 12.4. The lowest BCUT2D eigenvalue weighted by atomic mass is 9.87. The van der Waals surface area contributed by atoms with E-state index in [0.29, 0.717) is 10.6 Å². The van der Waals surface area contributed by atoms with Gasteiger partial charge in [0.05, 0.1) is 19.0 Å². The number of ether oxygens (including phenoxy) is 1. The highest BCUT2D eigenvalue weighted by Crippen LogP contribution is 2.30. The van der Waals surface area contributed by atoms with E-state index in [1.165, 1.54) is 5.56 Å². The van der Waals surface area contributed by atoms with Crippen molar-refractivity contribution in [1.29, 1.82) is 0 Å². The monoisotopic (exact) mass is 437 g/mol. The maximum absolute atomic E-state index is 12.4. The smallest absolute Gasteiger partial charge is 0.271 e. The van der Waals surface area contributed by atoms with Crippen LogP contribution in [-0.4, -0.2) is 23.8 Å². The van der Waals surface area contributed by atoms with Crippen molar-refractivity contribution in [3.8, 4) is 11.4 Å². The number of benzene rings is 2. The molecule has 0 saturated heterocycles. The third-order valence-corrected chi connectivity index (χ3v) is 5.47. The Bertz CT molecular complexity index is 1120. The fraction of sp³-hybridized carbons (Fsp3) is 0.280. The topological polar surface area (TPSA) is 55.6 Å². The number of halogens is 1. The molecule has 162 valence electrons. The predicted molar refractivity (Wildman–Crippen MR) is 127 cm³/mol. The van der Waals surface area contributed by atoms with E-state index in [0.717, 1.165) is 28.4 Å². The molecule has 6 heteroatoms. The second kappa shape index (κ2) is 8.98. The number of nitrogens with one attached hydrogen (secondary N) is 1. The van der Waals surface area contributed by atoms with E-state index in [1.54, 1.807) is 19.4 Å². The molecule has 1 aromatic heterocycles. The number of aromatic nitrogens is 1. The minimum Gasteiger partial charge on any atom is -0.495 e. The Morgan fingerprint density at radius 2 is 1.77 bits per heavy atom. The van der Waals surface area contributed by atoms with Gasteiger partial charge in [0.1, 0.15) is 5.75 Å². The van der Waals surface area contributed by atoms with Crippen LogP contribution in [0.15, 0.2) is 53.6 Å². The zero-order chi connectivity index (χ0) is 22.8. The molecule has 0 aliphatic rings. The lowest BCUT2D eigenvalue weighted by Crippen LogP contribution is -2.18. The van der Waals surface area contributed by atoms with Crippen LogP contribution in [0.4, 0.5) is 0 Å². The van der Waals surface area contributed by atoms with Gasteiger partial charge in [-0.2, -0.15) is 5.10 Å². The number of carbonyl (C=O) groups excluding carboxylic acids is 1. The Morgan fingerprint density at radius 1 is 1.10 bits per heavy atom. The van der Waals surface area contributed by atoms with Crippen molar-refractivity contribution in [2.24, 2.45) is 5.10 Å². The first kappa shape index (κ1) is 22.6.